The largest absolute Gasteiger partial charge is 0.332 e. The van der Waals surface area contributed by atoms with Crippen LogP contribution in [0.1, 0.15) is 53.2 Å². The first-order valence-corrected chi connectivity index (χ1v) is 10.8. The fourth-order valence-corrected chi connectivity index (χ4v) is 5.15. The van der Waals surface area contributed by atoms with Crippen molar-refractivity contribution in [3.8, 4) is 6.07 Å². The number of aromatic nitrogens is 2. The molecule has 0 saturated heterocycles. The molecule has 2 aromatic rings. The molecule has 1 aliphatic carbocycles. The van der Waals surface area contributed by atoms with E-state index < -0.39 is 0 Å². The summed E-state index contributed by atoms with van der Waals surface area (Å²) in [5.41, 5.74) is 1.41. The molecule has 1 unspecified atom stereocenters. The van der Waals surface area contributed by atoms with Crippen LogP contribution in [0.15, 0.2) is 24.4 Å². The quantitative estimate of drug-likeness (QED) is 0.816. The minimum atomic E-state index is -0.0791. The Hall–Kier alpha value is -2.79. The minimum absolute atomic E-state index is 0.00171. The fraction of sp³-hybridized carbons (Fsp3) is 0.476. The van der Waals surface area contributed by atoms with Crippen molar-refractivity contribution in [3.05, 3.63) is 40.7 Å². The maximum atomic E-state index is 12.6. The number of rotatable bonds is 5. The van der Waals surface area contributed by atoms with Crippen LogP contribution in [-0.2, 0) is 17.8 Å². The number of nitriles is 1. The van der Waals surface area contributed by atoms with E-state index in [0.29, 0.717) is 42.7 Å². The van der Waals surface area contributed by atoms with E-state index >= 15 is 0 Å². The average molecular weight is 410 g/mol. The summed E-state index contributed by atoms with van der Waals surface area (Å²) in [6.45, 7) is 1.10. The van der Waals surface area contributed by atoms with Crippen molar-refractivity contribution in [2.75, 3.05) is 11.9 Å². The molecule has 0 radical (unpaired) electrons. The molecule has 4 rings (SSSR count). The van der Waals surface area contributed by atoms with Crippen molar-refractivity contribution in [2.45, 2.75) is 45.1 Å². The van der Waals surface area contributed by atoms with Gasteiger partial charge in [0.1, 0.15) is 5.69 Å². The van der Waals surface area contributed by atoms with Gasteiger partial charge in [-0.3, -0.25) is 14.6 Å². The van der Waals surface area contributed by atoms with Crippen molar-refractivity contribution in [1.82, 2.24) is 14.9 Å². The molecular weight excluding hydrogens is 386 g/mol. The molecule has 3 heterocycles. The molecule has 1 N–H and O–H groups in total. The van der Waals surface area contributed by atoms with Gasteiger partial charge in [-0.1, -0.05) is 17.4 Å². The van der Waals surface area contributed by atoms with Gasteiger partial charge in [-0.15, -0.1) is 0 Å². The lowest BCUT2D eigenvalue weighted by Crippen LogP contribution is -2.35. The van der Waals surface area contributed by atoms with E-state index in [-0.39, 0.29) is 17.7 Å². The highest BCUT2D eigenvalue weighted by atomic mass is 32.1. The molecule has 1 fully saturated rings. The van der Waals surface area contributed by atoms with E-state index in [2.05, 4.69) is 21.4 Å². The van der Waals surface area contributed by atoms with Gasteiger partial charge in [0.2, 0.25) is 5.91 Å². The summed E-state index contributed by atoms with van der Waals surface area (Å²) in [6.07, 6.45) is 6.48. The molecule has 0 aromatic carbocycles. The Morgan fingerprint density at radius 2 is 2.24 bits per heavy atom. The monoisotopic (exact) mass is 409 g/mol. The van der Waals surface area contributed by atoms with Crippen LogP contribution in [0, 0.1) is 23.2 Å². The maximum Gasteiger partial charge on any atom is 0.272 e. The number of fused-ring (bicyclic) bond motifs is 1. The molecule has 2 amide bonds. The number of amides is 2. The van der Waals surface area contributed by atoms with Crippen molar-refractivity contribution in [2.24, 2.45) is 11.8 Å². The van der Waals surface area contributed by atoms with Crippen LogP contribution in [-0.4, -0.2) is 33.2 Å². The summed E-state index contributed by atoms with van der Waals surface area (Å²) in [7, 11) is 0. The fourth-order valence-electron chi connectivity index (χ4n) is 4.12. The molecule has 2 aliphatic rings. The van der Waals surface area contributed by atoms with Gasteiger partial charge in [-0.05, 0) is 43.7 Å². The number of hydrogen-bond acceptors (Lipinski definition) is 6. The highest BCUT2D eigenvalue weighted by molar-refractivity contribution is 7.15. The average Bonchev–Trinajstić information content (AvgIpc) is 3.38. The molecule has 2 aromatic heterocycles. The Morgan fingerprint density at radius 3 is 3.03 bits per heavy atom. The Morgan fingerprint density at radius 1 is 1.34 bits per heavy atom. The van der Waals surface area contributed by atoms with Crippen LogP contribution in [0.25, 0.3) is 0 Å². The number of nitrogens with zero attached hydrogens (tertiary/aromatic N) is 4. The lowest BCUT2D eigenvalue weighted by molar-refractivity contribution is -0.119. The van der Waals surface area contributed by atoms with Gasteiger partial charge in [0.15, 0.2) is 5.13 Å². The van der Waals surface area contributed by atoms with Crippen molar-refractivity contribution < 1.29 is 9.59 Å². The first kappa shape index (κ1) is 19.5. The summed E-state index contributed by atoms with van der Waals surface area (Å²) >= 11 is 1.45. The topological polar surface area (TPSA) is 99.0 Å². The van der Waals surface area contributed by atoms with Crippen LogP contribution >= 0.6 is 11.3 Å². The van der Waals surface area contributed by atoms with Crippen LogP contribution in [0.5, 0.6) is 0 Å². The number of carbonyl (C=O) groups excluding carboxylic acids is 2. The lowest BCUT2D eigenvalue weighted by atomic mass is 10.00. The number of hydrogen-bond donors (Lipinski definition) is 1. The molecule has 7 nitrogen and oxygen atoms in total. The zero-order valence-corrected chi connectivity index (χ0v) is 17.0. The molecule has 2 atom stereocenters. The second-order valence-electron chi connectivity index (χ2n) is 7.64. The summed E-state index contributed by atoms with van der Waals surface area (Å²) in [6, 6.07) is 7.51. The van der Waals surface area contributed by atoms with Crippen LogP contribution in [0.2, 0.25) is 0 Å². The van der Waals surface area contributed by atoms with E-state index in [1.54, 1.807) is 23.2 Å². The van der Waals surface area contributed by atoms with Gasteiger partial charge in [-0.25, -0.2) is 4.98 Å². The Balaban J connectivity index is 1.36. The maximum absolute atomic E-state index is 12.6. The first-order valence-electron chi connectivity index (χ1n) is 10.0. The molecule has 29 heavy (non-hydrogen) atoms. The van der Waals surface area contributed by atoms with Gasteiger partial charge >= 0.3 is 0 Å². The zero-order chi connectivity index (χ0) is 20.2. The SMILES string of the molecule is N#CCCC1CC[C@H](C(=O)Nc2nc3c(s2)CN(C(=O)c2ccccn2)CC3)C1. The molecule has 8 heteroatoms. The number of carbonyl (C=O) groups is 2. The lowest BCUT2D eigenvalue weighted by Gasteiger charge is -2.25. The van der Waals surface area contributed by atoms with Gasteiger partial charge in [0, 0.05) is 36.4 Å². The van der Waals surface area contributed by atoms with E-state index in [1.807, 2.05) is 6.07 Å². The van der Waals surface area contributed by atoms with E-state index in [1.165, 1.54) is 11.3 Å². The van der Waals surface area contributed by atoms with Gasteiger partial charge in [0.25, 0.3) is 5.91 Å². The number of anilines is 1. The number of pyridine rings is 1. The number of thiazole rings is 1. The second-order valence-corrected chi connectivity index (χ2v) is 8.73. The summed E-state index contributed by atoms with van der Waals surface area (Å²) in [5.74, 6) is 0.421. The molecule has 0 spiro atoms. The van der Waals surface area contributed by atoms with Gasteiger partial charge < -0.3 is 10.2 Å². The third kappa shape index (κ3) is 4.46. The van der Waals surface area contributed by atoms with Crippen LogP contribution in [0.3, 0.4) is 0 Å². The van der Waals surface area contributed by atoms with Crippen molar-refractivity contribution >= 4 is 28.3 Å². The number of nitrogens with one attached hydrogen (secondary N) is 1. The Labute approximate surface area is 173 Å². The summed E-state index contributed by atoms with van der Waals surface area (Å²) in [5, 5.41) is 12.3. The van der Waals surface area contributed by atoms with Crippen molar-refractivity contribution in [3.63, 3.8) is 0 Å². The highest BCUT2D eigenvalue weighted by Gasteiger charge is 2.31. The predicted molar refractivity (Wildman–Crippen MR) is 109 cm³/mol. The molecule has 0 bridgehead atoms. The first-order chi connectivity index (χ1) is 14.1. The smallest absolute Gasteiger partial charge is 0.272 e. The third-order valence-electron chi connectivity index (χ3n) is 5.71. The highest BCUT2D eigenvalue weighted by Crippen LogP contribution is 2.35. The standard InChI is InChI=1S/C21H23N5O2S/c22-9-3-4-14-6-7-15(12-14)19(27)25-21-24-16-8-11-26(13-18(16)29-21)20(28)17-5-1-2-10-23-17/h1-2,5,10,14-15H,3-4,6-8,11-13H2,(H,24,25,27)/t14?,15-/m0/s1. The van der Waals surface area contributed by atoms with Crippen LogP contribution in [0.4, 0.5) is 5.13 Å². The Kier molecular flexibility index (Phi) is 5.86. The summed E-state index contributed by atoms with van der Waals surface area (Å²) < 4.78 is 0. The van der Waals surface area contributed by atoms with E-state index in [4.69, 9.17) is 5.26 Å². The minimum Gasteiger partial charge on any atom is -0.332 e. The molecule has 1 saturated carbocycles. The third-order valence-corrected chi connectivity index (χ3v) is 6.71. The Bertz CT molecular complexity index is 936. The molecule has 150 valence electrons. The second kappa shape index (κ2) is 8.70. The molecular formula is C21H23N5O2S. The zero-order valence-electron chi connectivity index (χ0n) is 16.1. The van der Waals surface area contributed by atoms with Crippen LogP contribution < -0.4 is 5.32 Å². The van der Waals surface area contributed by atoms with Gasteiger partial charge in [0.05, 0.1) is 18.3 Å². The van der Waals surface area contributed by atoms with Gasteiger partial charge in [-0.2, -0.15) is 5.26 Å². The van der Waals surface area contributed by atoms with E-state index in [0.717, 1.165) is 36.3 Å². The molecule has 1 aliphatic heterocycles. The van der Waals surface area contributed by atoms with E-state index in [9.17, 15) is 9.59 Å². The normalized spacial score (nSPS) is 20.7. The predicted octanol–water partition coefficient (Wildman–Crippen LogP) is 3.40. The van der Waals surface area contributed by atoms with Crippen molar-refractivity contribution in [1.29, 1.82) is 5.26 Å². The summed E-state index contributed by atoms with van der Waals surface area (Å²) in [4.78, 5) is 36.8.